The van der Waals surface area contributed by atoms with Crippen molar-refractivity contribution in [2.75, 3.05) is 32.8 Å². The predicted octanol–water partition coefficient (Wildman–Crippen LogP) is 3.93. The number of rotatable bonds is 8. The van der Waals surface area contributed by atoms with Gasteiger partial charge in [-0.15, -0.1) is 19.0 Å². The van der Waals surface area contributed by atoms with E-state index >= 15 is 0 Å². The zero-order valence-corrected chi connectivity index (χ0v) is 16.9. The highest BCUT2D eigenvalue weighted by Crippen LogP contribution is 2.24. The van der Waals surface area contributed by atoms with Gasteiger partial charge in [-0.1, -0.05) is 30.3 Å². The monoisotopic (exact) mass is 425 g/mol. The number of aliphatic hydroxyl groups excluding tert-OH is 1. The van der Waals surface area contributed by atoms with Crippen LogP contribution in [-0.2, 0) is 11.2 Å². The molecule has 1 fully saturated rings. The second-order valence-corrected chi connectivity index (χ2v) is 6.86. The van der Waals surface area contributed by atoms with Gasteiger partial charge in [-0.05, 0) is 35.7 Å². The Morgan fingerprint density at radius 3 is 2.79 bits per heavy atom. The van der Waals surface area contributed by atoms with Gasteiger partial charge < -0.3 is 14.6 Å². The summed E-state index contributed by atoms with van der Waals surface area (Å²) in [6, 6.07) is 11.5. The third-order valence-corrected chi connectivity index (χ3v) is 4.70. The fourth-order valence-corrected chi connectivity index (χ4v) is 3.29. The minimum atomic E-state index is -0.884. The molecule has 0 radical (unpaired) electrons. The third kappa shape index (κ3) is 6.51. The van der Waals surface area contributed by atoms with Crippen molar-refractivity contribution >= 4 is 12.4 Å². The van der Waals surface area contributed by atoms with Crippen LogP contribution in [0.25, 0.3) is 0 Å². The van der Waals surface area contributed by atoms with Gasteiger partial charge in [0.25, 0.3) is 0 Å². The number of hydrogen-bond acceptors (Lipinski definition) is 4. The van der Waals surface area contributed by atoms with Crippen molar-refractivity contribution in [3.8, 4) is 5.75 Å². The zero-order valence-electron chi connectivity index (χ0n) is 16.1. The van der Waals surface area contributed by atoms with Crippen LogP contribution in [0.15, 0.2) is 55.1 Å². The van der Waals surface area contributed by atoms with Gasteiger partial charge in [-0.25, -0.2) is 8.78 Å². The molecule has 2 unspecified atom stereocenters. The Hall–Kier alpha value is -1.99. The van der Waals surface area contributed by atoms with Crippen LogP contribution in [-0.4, -0.2) is 49.0 Å². The molecule has 0 aliphatic carbocycles. The first kappa shape index (κ1) is 23.3. The minimum Gasteiger partial charge on any atom is -0.491 e. The first-order chi connectivity index (χ1) is 13.6. The van der Waals surface area contributed by atoms with Crippen LogP contribution in [0.1, 0.15) is 17.2 Å². The van der Waals surface area contributed by atoms with Crippen LogP contribution >= 0.6 is 12.4 Å². The van der Waals surface area contributed by atoms with E-state index in [1.54, 1.807) is 0 Å². The number of allylic oxidation sites excluding steroid dienone is 1. The summed E-state index contributed by atoms with van der Waals surface area (Å²) in [5.74, 6) is -1.02. The molecule has 29 heavy (non-hydrogen) atoms. The molecule has 2 atom stereocenters. The number of benzene rings is 2. The average Bonchev–Trinajstić information content (AvgIpc) is 2.70. The van der Waals surface area contributed by atoms with E-state index in [1.807, 2.05) is 35.2 Å². The van der Waals surface area contributed by atoms with Crippen molar-refractivity contribution in [3.05, 3.63) is 77.9 Å². The molecule has 0 saturated carbocycles. The Morgan fingerprint density at radius 1 is 1.24 bits per heavy atom. The molecule has 0 bridgehead atoms. The second-order valence-electron chi connectivity index (χ2n) is 6.86. The van der Waals surface area contributed by atoms with E-state index in [0.29, 0.717) is 38.2 Å². The molecule has 1 saturated heterocycles. The molecule has 158 valence electrons. The highest BCUT2D eigenvalue weighted by Gasteiger charge is 2.24. The van der Waals surface area contributed by atoms with E-state index < -0.39 is 17.7 Å². The molecule has 1 N–H and O–H groups in total. The molecule has 2 aromatic rings. The van der Waals surface area contributed by atoms with Gasteiger partial charge in [0.15, 0.2) is 11.6 Å². The van der Waals surface area contributed by atoms with Crippen LogP contribution in [0.4, 0.5) is 8.78 Å². The molecular formula is C22H26ClF2NO3. The molecule has 1 aliphatic heterocycles. The summed E-state index contributed by atoms with van der Waals surface area (Å²) in [7, 11) is 0. The molecule has 2 aromatic carbocycles. The molecule has 1 heterocycles. The van der Waals surface area contributed by atoms with Crippen LogP contribution in [0, 0.1) is 11.6 Å². The number of nitrogens with zero attached hydrogens (tertiary/aromatic N) is 1. The smallest absolute Gasteiger partial charge is 0.159 e. The number of morpholine rings is 1. The highest BCUT2D eigenvalue weighted by atomic mass is 35.5. The van der Waals surface area contributed by atoms with Crippen LogP contribution in [0.5, 0.6) is 5.75 Å². The maximum atomic E-state index is 13.5. The second kappa shape index (κ2) is 11.3. The quantitative estimate of drug-likeness (QED) is 0.651. The average molecular weight is 426 g/mol. The minimum absolute atomic E-state index is 0. The summed E-state index contributed by atoms with van der Waals surface area (Å²) < 4.78 is 38.1. The fourth-order valence-electron chi connectivity index (χ4n) is 3.29. The Kier molecular flexibility index (Phi) is 9.04. The van der Waals surface area contributed by atoms with Gasteiger partial charge in [-0.3, -0.25) is 4.90 Å². The molecule has 7 heteroatoms. The van der Waals surface area contributed by atoms with Crippen LogP contribution in [0.2, 0.25) is 0 Å². The summed E-state index contributed by atoms with van der Waals surface area (Å²) >= 11 is 0. The van der Waals surface area contributed by atoms with E-state index in [4.69, 9.17) is 9.47 Å². The van der Waals surface area contributed by atoms with Gasteiger partial charge in [0.1, 0.15) is 18.5 Å². The fraction of sp³-hybridized carbons (Fsp3) is 0.364. The zero-order chi connectivity index (χ0) is 19.9. The summed E-state index contributed by atoms with van der Waals surface area (Å²) in [5, 5.41) is 10.4. The standard InChI is InChI=1S/C22H25F2NO3.ClH/c1-2-5-16-6-3-4-7-21(16)28-15-18(26)13-25-10-11-27-22(14-25)17-8-9-19(23)20(24)12-17;/h2-4,6-9,12,18,22,26H,1,5,10-11,13-15H2;1H. The van der Waals surface area contributed by atoms with Crippen molar-refractivity contribution in [3.63, 3.8) is 0 Å². The highest BCUT2D eigenvalue weighted by molar-refractivity contribution is 5.85. The van der Waals surface area contributed by atoms with E-state index in [1.165, 1.54) is 12.1 Å². The Morgan fingerprint density at radius 2 is 2.03 bits per heavy atom. The van der Waals surface area contributed by atoms with Crippen molar-refractivity contribution in [1.29, 1.82) is 0 Å². The maximum Gasteiger partial charge on any atom is 0.159 e. The molecule has 1 aliphatic rings. The number of para-hydroxylation sites is 1. The van der Waals surface area contributed by atoms with Crippen molar-refractivity contribution in [1.82, 2.24) is 4.90 Å². The number of ether oxygens (including phenoxy) is 2. The van der Waals surface area contributed by atoms with Crippen molar-refractivity contribution in [2.24, 2.45) is 0 Å². The predicted molar refractivity (Wildman–Crippen MR) is 111 cm³/mol. The van der Waals surface area contributed by atoms with Crippen LogP contribution in [0.3, 0.4) is 0 Å². The van der Waals surface area contributed by atoms with Crippen molar-refractivity contribution in [2.45, 2.75) is 18.6 Å². The lowest BCUT2D eigenvalue weighted by atomic mass is 10.1. The molecule has 0 spiro atoms. The van der Waals surface area contributed by atoms with Gasteiger partial charge in [-0.2, -0.15) is 0 Å². The summed E-state index contributed by atoms with van der Waals surface area (Å²) in [6.07, 6.45) is 1.47. The summed E-state index contributed by atoms with van der Waals surface area (Å²) in [6.45, 7) is 5.93. The largest absolute Gasteiger partial charge is 0.491 e. The van der Waals surface area contributed by atoms with E-state index in [9.17, 15) is 13.9 Å². The molecule has 0 amide bonds. The molecule has 4 nitrogen and oxygen atoms in total. The first-order valence-electron chi connectivity index (χ1n) is 9.35. The normalized spacial score (nSPS) is 18.0. The number of hydrogen-bond donors (Lipinski definition) is 1. The van der Waals surface area contributed by atoms with Crippen molar-refractivity contribution < 1.29 is 23.4 Å². The third-order valence-electron chi connectivity index (χ3n) is 4.70. The van der Waals surface area contributed by atoms with Gasteiger partial charge in [0, 0.05) is 19.6 Å². The summed E-state index contributed by atoms with van der Waals surface area (Å²) in [4.78, 5) is 2.04. The Balaban J connectivity index is 0.00000300. The van der Waals surface area contributed by atoms with E-state index in [-0.39, 0.29) is 25.1 Å². The molecule has 0 aromatic heterocycles. The first-order valence-corrected chi connectivity index (χ1v) is 9.35. The molecule has 3 rings (SSSR count). The SMILES string of the molecule is C=CCc1ccccc1OCC(O)CN1CCOC(c2ccc(F)c(F)c2)C1.Cl. The number of aliphatic hydroxyl groups is 1. The number of halogens is 3. The van der Waals surface area contributed by atoms with Gasteiger partial charge in [0.05, 0.1) is 12.7 Å². The lowest BCUT2D eigenvalue weighted by molar-refractivity contribution is -0.0461. The van der Waals surface area contributed by atoms with Gasteiger partial charge >= 0.3 is 0 Å². The number of β-amino-alcohol motifs (C(OH)–C–C–N with tert-alkyl or cyclic N) is 1. The Labute approximate surface area is 176 Å². The topological polar surface area (TPSA) is 41.9 Å². The van der Waals surface area contributed by atoms with Crippen LogP contribution < -0.4 is 4.74 Å². The maximum absolute atomic E-state index is 13.5. The molecular weight excluding hydrogens is 400 g/mol. The van der Waals surface area contributed by atoms with E-state index in [0.717, 1.165) is 17.4 Å². The van der Waals surface area contributed by atoms with Gasteiger partial charge in [0.2, 0.25) is 0 Å². The summed E-state index contributed by atoms with van der Waals surface area (Å²) in [5.41, 5.74) is 1.61. The Bertz CT molecular complexity index is 805. The lowest BCUT2D eigenvalue weighted by Gasteiger charge is -2.34. The van der Waals surface area contributed by atoms with E-state index in [2.05, 4.69) is 6.58 Å². The lowest BCUT2D eigenvalue weighted by Crippen LogP contribution is -2.43.